The first-order valence-corrected chi connectivity index (χ1v) is 7.70. The van der Waals surface area contributed by atoms with Gasteiger partial charge in [-0.15, -0.1) is 0 Å². The molecule has 3 rings (SSSR count). The van der Waals surface area contributed by atoms with Gasteiger partial charge in [0.25, 0.3) is 0 Å². The monoisotopic (exact) mass is 330 g/mol. The molecule has 0 saturated carbocycles. The van der Waals surface area contributed by atoms with E-state index in [0.29, 0.717) is 17.7 Å². The number of hydrogen-bond donors (Lipinski definition) is 3. The van der Waals surface area contributed by atoms with Gasteiger partial charge in [0.1, 0.15) is 11.6 Å². The molecule has 0 spiro atoms. The quantitative estimate of drug-likeness (QED) is 0.805. The number of aliphatic hydroxyl groups is 1. The molecule has 2 aromatic rings. The first kappa shape index (κ1) is 16.3. The normalized spacial score (nSPS) is 18.8. The van der Waals surface area contributed by atoms with Crippen LogP contribution in [0.25, 0.3) is 0 Å². The summed E-state index contributed by atoms with van der Waals surface area (Å²) in [5.41, 5.74) is 2.55. The van der Waals surface area contributed by atoms with E-state index in [9.17, 15) is 14.3 Å². The van der Waals surface area contributed by atoms with Crippen molar-refractivity contribution in [3.63, 3.8) is 0 Å². The summed E-state index contributed by atoms with van der Waals surface area (Å²) in [7, 11) is 1.46. The van der Waals surface area contributed by atoms with E-state index in [-0.39, 0.29) is 6.54 Å². The van der Waals surface area contributed by atoms with Crippen molar-refractivity contribution in [2.75, 3.05) is 7.11 Å². The molecule has 0 aromatic heterocycles. The Morgan fingerprint density at radius 1 is 1.33 bits per heavy atom. The van der Waals surface area contributed by atoms with Crippen LogP contribution in [0.5, 0.6) is 5.75 Å². The Morgan fingerprint density at radius 2 is 2.12 bits per heavy atom. The second kappa shape index (κ2) is 6.88. The molecule has 0 saturated heterocycles. The van der Waals surface area contributed by atoms with E-state index in [1.54, 1.807) is 6.07 Å². The summed E-state index contributed by atoms with van der Waals surface area (Å²) >= 11 is 0. The highest BCUT2D eigenvalue weighted by Gasteiger charge is 2.31. The Bertz CT molecular complexity index is 751. The summed E-state index contributed by atoms with van der Waals surface area (Å²) < 4.78 is 18.4. The molecule has 0 radical (unpaired) electrons. The number of fused-ring (bicyclic) bond motifs is 1. The van der Waals surface area contributed by atoms with Crippen LogP contribution in [0.4, 0.5) is 9.18 Å². The highest BCUT2D eigenvalue weighted by atomic mass is 19.1. The van der Waals surface area contributed by atoms with Crippen molar-refractivity contribution in [3.8, 4) is 5.75 Å². The fourth-order valence-electron chi connectivity index (χ4n) is 2.96. The van der Waals surface area contributed by atoms with Crippen LogP contribution in [0.2, 0.25) is 0 Å². The van der Waals surface area contributed by atoms with Crippen molar-refractivity contribution in [1.29, 1.82) is 0 Å². The smallest absolute Gasteiger partial charge is 0.315 e. The Labute approximate surface area is 139 Å². The van der Waals surface area contributed by atoms with E-state index in [1.165, 1.54) is 19.2 Å². The van der Waals surface area contributed by atoms with Crippen LogP contribution >= 0.6 is 0 Å². The number of halogens is 1. The number of urea groups is 1. The van der Waals surface area contributed by atoms with E-state index in [2.05, 4.69) is 10.6 Å². The summed E-state index contributed by atoms with van der Waals surface area (Å²) in [6.07, 6.45) is -0.134. The number of carbonyl (C=O) groups is 1. The van der Waals surface area contributed by atoms with Crippen LogP contribution in [0, 0.1) is 5.82 Å². The van der Waals surface area contributed by atoms with Crippen molar-refractivity contribution < 1.29 is 19.0 Å². The van der Waals surface area contributed by atoms with Crippen LogP contribution in [0.15, 0.2) is 42.5 Å². The van der Waals surface area contributed by atoms with E-state index >= 15 is 0 Å². The topological polar surface area (TPSA) is 70.6 Å². The fourth-order valence-corrected chi connectivity index (χ4v) is 2.96. The molecule has 0 heterocycles. The zero-order valence-corrected chi connectivity index (χ0v) is 13.3. The second-order valence-electron chi connectivity index (χ2n) is 5.77. The fraction of sp³-hybridized carbons (Fsp3) is 0.278. The third-order valence-electron chi connectivity index (χ3n) is 4.11. The van der Waals surface area contributed by atoms with Crippen LogP contribution in [0.1, 0.15) is 22.7 Å². The molecule has 126 valence electrons. The maximum atomic E-state index is 13.4. The van der Waals surface area contributed by atoms with E-state index in [4.69, 9.17) is 4.74 Å². The minimum atomic E-state index is -0.651. The third-order valence-corrected chi connectivity index (χ3v) is 4.11. The van der Waals surface area contributed by atoms with Gasteiger partial charge >= 0.3 is 6.03 Å². The SMILES string of the molecule is COc1cc(F)cc(CNC(=O)N[C@H]2c3ccccc3C[C@H]2O)c1. The van der Waals surface area contributed by atoms with Crippen LogP contribution < -0.4 is 15.4 Å². The number of carbonyl (C=O) groups excluding carboxylic acids is 1. The number of benzene rings is 2. The lowest BCUT2D eigenvalue weighted by Crippen LogP contribution is -2.40. The van der Waals surface area contributed by atoms with E-state index in [0.717, 1.165) is 11.1 Å². The predicted molar refractivity (Wildman–Crippen MR) is 87.2 cm³/mol. The van der Waals surface area contributed by atoms with Gasteiger partial charge in [0, 0.05) is 19.0 Å². The lowest BCUT2D eigenvalue weighted by Gasteiger charge is -2.18. The molecule has 5 nitrogen and oxygen atoms in total. The van der Waals surface area contributed by atoms with E-state index < -0.39 is 24.0 Å². The zero-order valence-electron chi connectivity index (χ0n) is 13.3. The molecule has 1 aliphatic rings. The zero-order chi connectivity index (χ0) is 17.1. The maximum absolute atomic E-state index is 13.4. The van der Waals surface area contributed by atoms with Crippen LogP contribution in [-0.4, -0.2) is 24.4 Å². The van der Waals surface area contributed by atoms with Gasteiger partial charge in [-0.05, 0) is 28.8 Å². The number of hydrogen-bond acceptors (Lipinski definition) is 3. The number of rotatable bonds is 4. The van der Waals surface area contributed by atoms with Crippen molar-refractivity contribution >= 4 is 6.03 Å². The molecule has 24 heavy (non-hydrogen) atoms. The Balaban J connectivity index is 1.61. The number of methoxy groups -OCH3 is 1. The minimum absolute atomic E-state index is 0.157. The van der Waals surface area contributed by atoms with Crippen LogP contribution in [-0.2, 0) is 13.0 Å². The molecule has 0 bridgehead atoms. The summed E-state index contributed by atoms with van der Waals surface area (Å²) in [4.78, 5) is 12.1. The molecule has 3 N–H and O–H groups in total. The predicted octanol–water partition coefficient (Wildman–Crippen LogP) is 2.29. The Kier molecular flexibility index (Phi) is 4.66. The van der Waals surface area contributed by atoms with Gasteiger partial charge in [-0.2, -0.15) is 0 Å². The van der Waals surface area contributed by atoms with Crippen molar-refractivity contribution in [3.05, 3.63) is 65.0 Å². The molecule has 0 fully saturated rings. The molecule has 2 aromatic carbocycles. The second-order valence-corrected chi connectivity index (χ2v) is 5.77. The number of amides is 2. The minimum Gasteiger partial charge on any atom is -0.497 e. The van der Waals surface area contributed by atoms with Gasteiger partial charge < -0.3 is 20.5 Å². The average Bonchev–Trinajstić information content (AvgIpc) is 2.88. The molecule has 0 aliphatic heterocycles. The summed E-state index contributed by atoms with van der Waals surface area (Å²) in [5.74, 6) is -0.0287. The third kappa shape index (κ3) is 3.49. The Morgan fingerprint density at radius 3 is 2.92 bits per heavy atom. The molecule has 6 heteroatoms. The van der Waals surface area contributed by atoms with Gasteiger partial charge in [-0.3, -0.25) is 0 Å². The number of nitrogens with one attached hydrogen (secondary N) is 2. The molecule has 2 atom stereocenters. The van der Waals surface area contributed by atoms with Gasteiger partial charge in [-0.25, -0.2) is 9.18 Å². The van der Waals surface area contributed by atoms with E-state index in [1.807, 2.05) is 24.3 Å². The van der Waals surface area contributed by atoms with Gasteiger partial charge in [-0.1, -0.05) is 24.3 Å². The number of ether oxygens (including phenoxy) is 1. The van der Waals surface area contributed by atoms with Gasteiger partial charge in [0.15, 0.2) is 0 Å². The molecule has 0 unspecified atom stereocenters. The molecular weight excluding hydrogens is 311 g/mol. The largest absolute Gasteiger partial charge is 0.497 e. The maximum Gasteiger partial charge on any atom is 0.315 e. The van der Waals surface area contributed by atoms with Gasteiger partial charge in [0.05, 0.1) is 19.3 Å². The lowest BCUT2D eigenvalue weighted by atomic mass is 10.1. The summed E-state index contributed by atoms with van der Waals surface area (Å²) in [6.45, 7) is 0.157. The van der Waals surface area contributed by atoms with Crippen molar-refractivity contribution in [1.82, 2.24) is 10.6 Å². The number of aliphatic hydroxyl groups excluding tert-OH is 1. The van der Waals surface area contributed by atoms with Crippen molar-refractivity contribution in [2.45, 2.75) is 25.1 Å². The van der Waals surface area contributed by atoms with Crippen LogP contribution in [0.3, 0.4) is 0 Å². The van der Waals surface area contributed by atoms with Crippen molar-refractivity contribution in [2.24, 2.45) is 0 Å². The standard InChI is InChI=1S/C18H19FN2O3/c1-24-14-7-11(6-13(19)9-14)10-20-18(23)21-17-15-5-3-2-4-12(15)8-16(17)22/h2-7,9,16-17,22H,8,10H2,1H3,(H2,20,21,23)/t16-,17+/m1/s1. The first-order chi connectivity index (χ1) is 11.6. The van der Waals surface area contributed by atoms with Gasteiger partial charge in [0.2, 0.25) is 0 Å². The average molecular weight is 330 g/mol. The summed E-state index contributed by atoms with van der Waals surface area (Å²) in [6, 6.07) is 11.0. The summed E-state index contributed by atoms with van der Waals surface area (Å²) in [5, 5.41) is 15.6. The first-order valence-electron chi connectivity index (χ1n) is 7.70. The highest BCUT2D eigenvalue weighted by molar-refractivity contribution is 5.74. The Hall–Kier alpha value is -2.60. The highest BCUT2D eigenvalue weighted by Crippen LogP contribution is 2.31. The lowest BCUT2D eigenvalue weighted by molar-refractivity contribution is 0.142. The molecule has 2 amide bonds. The molecule has 1 aliphatic carbocycles. The molecular formula is C18H19FN2O3.